The van der Waals surface area contributed by atoms with Crippen molar-refractivity contribution in [3.63, 3.8) is 0 Å². The summed E-state index contributed by atoms with van der Waals surface area (Å²) in [6, 6.07) is 3.25. The van der Waals surface area contributed by atoms with E-state index in [2.05, 4.69) is 5.32 Å². The summed E-state index contributed by atoms with van der Waals surface area (Å²) in [5, 5.41) is 2.79. The van der Waals surface area contributed by atoms with E-state index in [9.17, 15) is 9.59 Å². The first-order valence-corrected chi connectivity index (χ1v) is 7.85. The van der Waals surface area contributed by atoms with E-state index in [1.807, 2.05) is 39.8 Å². The molecule has 0 aromatic heterocycles. The second-order valence-electron chi connectivity index (χ2n) is 5.89. The highest BCUT2D eigenvalue weighted by molar-refractivity contribution is 5.85. The van der Waals surface area contributed by atoms with Crippen LogP contribution in [0.3, 0.4) is 0 Å². The molecule has 0 aliphatic heterocycles. The molecule has 2 atom stereocenters. The molecule has 23 heavy (non-hydrogen) atoms. The minimum absolute atomic E-state index is 0.0192. The van der Waals surface area contributed by atoms with Gasteiger partial charge in [0.15, 0.2) is 0 Å². The van der Waals surface area contributed by atoms with Gasteiger partial charge in [0.1, 0.15) is 11.8 Å². The predicted molar refractivity (Wildman–Crippen MR) is 89.6 cm³/mol. The smallest absolute Gasteiger partial charge is 0.328 e. The Balaban J connectivity index is 2.84. The Bertz CT molecular complexity index is 545. The normalized spacial score (nSPS) is 13.1. The van der Waals surface area contributed by atoms with E-state index in [1.165, 1.54) is 7.11 Å². The van der Waals surface area contributed by atoms with Gasteiger partial charge in [-0.3, -0.25) is 4.79 Å². The number of rotatable bonds is 7. The Morgan fingerprint density at radius 2 is 1.74 bits per heavy atom. The largest absolute Gasteiger partial charge is 0.496 e. The second-order valence-corrected chi connectivity index (χ2v) is 5.89. The fourth-order valence-electron chi connectivity index (χ4n) is 2.67. The molecule has 0 aliphatic rings. The lowest BCUT2D eigenvalue weighted by Gasteiger charge is -2.22. The van der Waals surface area contributed by atoms with Crippen molar-refractivity contribution in [3.8, 4) is 5.75 Å². The monoisotopic (exact) mass is 321 g/mol. The van der Waals surface area contributed by atoms with Crippen molar-refractivity contribution in [2.45, 2.75) is 46.6 Å². The summed E-state index contributed by atoms with van der Waals surface area (Å²) in [6.45, 7) is 7.79. The number of hydrogen-bond acceptors (Lipinski definition) is 4. The molecule has 1 rings (SSSR count). The van der Waals surface area contributed by atoms with Gasteiger partial charge in [0, 0.05) is 0 Å². The molecule has 0 fully saturated rings. The lowest BCUT2D eigenvalue weighted by atomic mass is 9.98. The molecule has 5 heteroatoms. The zero-order valence-corrected chi connectivity index (χ0v) is 14.9. The third kappa shape index (κ3) is 4.98. The maximum absolute atomic E-state index is 12.3. The molecule has 0 saturated carbocycles. The Morgan fingerprint density at radius 1 is 1.17 bits per heavy atom. The number of amides is 1. The van der Waals surface area contributed by atoms with E-state index in [-0.39, 0.29) is 18.2 Å². The molecule has 1 N–H and O–H groups in total. The van der Waals surface area contributed by atoms with Crippen LogP contribution in [0.5, 0.6) is 5.75 Å². The zero-order chi connectivity index (χ0) is 17.6. The summed E-state index contributed by atoms with van der Waals surface area (Å²) in [5.41, 5.74) is 2.87. The van der Waals surface area contributed by atoms with Gasteiger partial charge in [0.05, 0.1) is 20.6 Å². The quantitative estimate of drug-likeness (QED) is 0.784. The third-order valence-corrected chi connectivity index (χ3v) is 4.07. The van der Waals surface area contributed by atoms with Gasteiger partial charge >= 0.3 is 5.97 Å². The molecule has 1 amide bonds. The number of benzene rings is 1. The number of methoxy groups -OCH3 is 2. The number of carbonyl (C=O) groups excluding carboxylic acids is 2. The number of hydrogen-bond donors (Lipinski definition) is 1. The summed E-state index contributed by atoms with van der Waals surface area (Å²) < 4.78 is 10.1. The number of nitrogens with one attached hydrogen (secondary N) is 1. The topological polar surface area (TPSA) is 64.6 Å². The first-order valence-electron chi connectivity index (χ1n) is 7.85. The van der Waals surface area contributed by atoms with Gasteiger partial charge in [-0.2, -0.15) is 0 Å². The maximum Gasteiger partial charge on any atom is 0.328 e. The molecule has 1 aromatic carbocycles. The Morgan fingerprint density at radius 3 is 2.17 bits per heavy atom. The van der Waals surface area contributed by atoms with E-state index < -0.39 is 12.0 Å². The van der Waals surface area contributed by atoms with E-state index in [1.54, 1.807) is 7.11 Å². The summed E-state index contributed by atoms with van der Waals surface area (Å²) in [4.78, 5) is 24.1. The van der Waals surface area contributed by atoms with E-state index in [0.29, 0.717) is 0 Å². The van der Waals surface area contributed by atoms with Crippen LogP contribution >= 0.6 is 0 Å². The fourth-order valence-corrected chi connectivity index (χ4v) is 2.67. The SMILES string of the molecule is CC[C@H](C)[C@H](NC(=O)Cc1cc(C)c(OC)c(C)c1)C(=O)OC. The molecule has 0 spiro atoms. The van der Waals surface area contributed by atoms with Crippen molar-refractivity contribution in [2.24, 2.45) is 5.92 Å². The van der Waals surface area contributed by atoms with Gasteiger partial charge in [-0.25, -0.2) is 4.79 Å². The van der Waals surface area contributed by atoms with Gasteiger partial charge in [-0.1, -0.05) is 32.4 Å². The molecule has 128 valence electrons. The first-order chi connectivity index (χ1) is 10.8. The summed E-state index contributed by atoms with van der Waals surface area (Å²) in [7, 11) is 2.97. The van der Waals surface area contributed by atoms with E-state index >= 15 is 0 Å². The lowest BCUT2D eigenvalue weighted by Crippen LogP contribution is -2.46. The van der Waals surface area contributed by atoms with Crippen LogP contribution in [0.15, 0.2) is 12.1 Å². The van der Waals surface area contributed by atoms with Gasteiger partial charge in [-0.15, -0.1) is 0 Å². The maximum atomic E-state index is 12.3. The molecule has 1 aromatic rings. The highest BCUT2D eigenvalue weighted by Crippen LogP contribution is 2.24. The second kappa shape index (κ2) is 8.56. The Kier molecular flexibility index (Phi) is 7.07. The highest BCUT2D eigenvalue weighted by atomic mass is 16.5. The van der Waals surface area contributed by atoms with Crippen LogP contribution in [0.2, 0.25) is 0 Å². The summed E-state index contributed by atoms with van der Waals surface area (Å²) in [6.07, 6.45) is 0.996. The number of esters is 1. The fraction of sp³-hybridized carbons (Fsp3) is 0.556. The molecular weight excluding hydrogens is 294 g/mol. The van der Waals surface area contributed by atoms with Crippen molar-refractivity contribution in [2.75, 3.05) is 14.2 Å². The lowest BCUT2D eigenvalue weighted by molar-refractivity contribution is -0.146. The van der Waals surface area contributed by atoms with Crippen LogP contribution in [-0.4, -0.2) is 32.1 Å². The third-order valence-electron chi connectivity index (χ3n) is 4.07. The molecule has 5 nitrogen and oxygen atoms in total. The van der Waals surface area contributed by atoms with E-state index in [4.69, 9.17) is 9.47 Å². The summed E-state index contributed by atoms with van der Waals surface area (Å²) >= 11 is 0. The van der Waals surface area contributed by atoms with Gasteiger partial charge in [0.25, 0.3) is 0 Å². The van der Waals surface area contributed by atoms with Crippen LogP contribution in [0, 0.1) is 19.8 Å². The molecule has 0 unspecified atom stereocenters. The van der Waals surface area contributed by atoms with E-state index in [0.717, 1.165) is 28.9 Å². The summed E-state index contributed by atoms with van der Waals surface area (Å²) in [5.74, 6) is 0.256. The first kappa shape index (κ1) is 19.0. The van der Waals surface area contributed by atoms with Crippen molar-refractivity contribution in [1.29, 1.82) is 0 Å². The minimum Gasteiger partial charge on any atom is -0.496 e. The van der Waals surface area contributed by atoms with Crippen LogP contribution < -0.4 is 10.1 Å². The van der Waals surface area contributed by atoms with Crippen LogP contribution in [0.25, 0.3) is 0 Å². The molecule has 0 saturated heterocycles. The molecule has 0 radical (unpaired) electrons. The molecular formula is C18H27NO4. The average Bonchev–Trinajstić information content (AvgIpc) is 2.50. The van der Waals surface area contributed by atoms with Crippen molar-refractivity contribution in [3.05, 3.63) is 28.8 Å². The average molecular weight is 321 g/mol. The van der Waals surface area contributed by atoms with Gasteiger partial charge in [-0.05, 0) is 36.5 Å². The van der Waals surface area contributed by atoms with Crippen LogP contribution in [0.4, 0.5) is 0 Å². The highest BCUT2D eigenvalue weighted by Gasteiger charge is 2.26. The number of carbonyl (C=O) groups is 2. The standard InChI is InChI=1S/C18H27NO4/c1-7-11(2)16(18(21)23-6)19-15(20)10-14-8-12(3)17(22-5)13(4)9-14/h8-9,11,16H,7,10H2,1-6H3,(H,19,20)/t11-,16-/m0/s1. The molecule has 0 aliphatic carbocycles. The number of ether oxygens (including phenoxy) is 2. The number of aryl methyl sites for hydroxylation is 2. The zero-order valence-electron chi connectivity index (χ0n) is 14.9. The molecule has 0 heterocycles. The van der Waals surface area contributed by atoms with Crippen molar-refractivity contribution in [1.82, 2.24) is 5.32 Å². The Labute approximate surface area is 138 Å². The minimum atomic E-state index is -0.613. The van der Waals surface area contributed by atoms with Crippen molar-refractivity contribution < 1.29 is 19.1 Å². The molecule has 0 bridgehead atoms. The van der Waals surface area contributed by atoms with Crippen LogP contribution in [0.1, 0.15) is 37.0 Å². The van der Waals surface area contributed by atoms with Crippen molar-refractivity contribution >= 4 is 11.9 Å². The van der Waals surface area contributed by atoms with Gasteiger partial charge < -0.3 is 14.8 Å². The Hall–Kier alpha value is -2.04. The van der Waals surface area contributed by atoms with Crippen LogP contribution in [-0.2, 0) is 20.7 Å². The predicted octanol–water partition coefficient (Wildman–Crippen LogP) is 2.56. The van der Waals surface area contributed by atoms with Gasteiger partial charge in [0.2, 0.25) is 5.91 Å².